The molecule has 0 aromatic rings. The van der Waals surface area contributed by atoms with Gasteiger partial charge in [-0.05, 0) is 25.3 Å². The van der Waals surface area contributed by atoms with Gasteiger partial charge in [-0.25, -0.2) is 0 Å². The summed E-state index contributed by atoms with van der Waals surface area (Å²) in [6.07, 6.45) is 5.64. The van der Waals surface area contributed by atoms with Crippen molar-refractivity contribution in [2.45, 2.75) is 38.7 Å². The van der Waals surface area contributed by atoms with E-state index in [1.54, 1.807) is 7.11 Å². The molecule has 1 fully saturated rings. The molecule has 0 aromatic heterocycles. The molecule has 0 saturated heterocycles. The summed E-state index contributed by atoms with van der Waals surface area (Å²) in [5.41, 5.74) is 1.35. The van der Waals surface area contributed by atoms with E-state index in [1.165, 1.54) is 5.57 Å². The summed E-state index contributed by atoms with van der Waals surface area (Å²) in [6.45, 7) is 2.56. The average molecular weight is 210 g/mol. The molecule has 0 heterocycles. The van der Waals surface area contributed by atoms with Crippen LogP contribution >= 0.6 is 0 Å². The van der Waals surface area contributed by atoms with E-state index in [4.69, 9.17) is 9.47 Å². The van der Waals surface area contributed by atoms with E-state index in [9.17, 15) is 4.79 Å². The van der Waals surface area contributed by atoms with E-state index in [1.807, 2.05) is 6.08 Å². The number of hydrogen-bond acceptors (Lipinski definition) is 3. The Hall–Kier alpha value is -0.670. The second-order valence-electron chi connectivity index (χ2n) is 4.65. The second-order valence-corrected chi connectivity index (χ2v) is 4.65. The number of ketones is 1. The first-order chi connectivity index (χ1) is 7.16. The van der Waals surface area contributed by atoms with E-state index in [2.05, 4.69) is 6.92 Å². The van der Waals surface area contributed by atoms with Gasteiger partial charge >= 0.3 is 0 Å². The zero-order chi connectivity index (χ0) is 10.9. The van der Waals surface area contributed by atoms with Crippen LogP contribution in [-0.4, -0.2) is 25.8 Å². The first-order valence-corrected chi connectivity index (χ1v) is 5.51. The fourth-order valence-electron chi connectivity index (χ4n) is 2.72. The first kappa shape index (κ1) is 10.8. The lowest BCUT2D eigenvalue weighted by atomic mass is 9.74. The van der Waals surface area contributed by atoms with Crippen LogP contribution in [0.5, 0.6) is 0 Å². The topological polar surface area (TPSA) is 35.5 Å². The maximum absolute atomic E-state index is 11.3. The highest BCUT2D eigenvalue weighted by Gasteiger charge is 2.45. The van der Waals surface area contributed by atoms with Gasteiger partial charge in [-0.1, -0.05) is 12.5 Å². The van der Waals surface area contributed by atoms with Crippen molar-refractivity contribution in [1.29, 1.82) is 0 Å². The van der Waals surface area contributed by atoms with Crippen LogP contribution in [0.25, 0.3) is 0 Å². The highest BCUT2D eigenvalue weighted by Crippen LogP contribution is 2.49. The Labute approximate surface area is 90.4 Å². The van der Waals surface area contributed by atoms with Gasteiger partial charge in [0.25, 0.3) is 0 Å². The SMILES string of the molecule is COCOC1CCC2=CC(=O)CCC21C. The number of rotatable bonds is 3. The zero-order valence-electron chi connectivity index (χ0n) is 9.41. The molecule has 0 amide bonds. The molecule has 2 atom stereocenters. The van der Waals surface area contributed by atoms with Crippen LogP contribution < -0.4 is 0 Å². The van der Waals surface area contributed by atoms with Crippen molar-refractivity contribution in [1.82, 2.24) is 0 Å². The highest BCUT2D eigenvalue weighted by atomic mass is 16.7. The molecule has 3 nitrogen and oxygen atoms in total. The molecule has 2 unspecified atom stereocenters. The van der Waals surface area contributed by atoms with Crippen LogP contribution in [0, 0.1) is 5.41 Å². The van der Waals surface area contributed by atoms with E-state index >= 15 is 0 Å². The number of methoxy groups -OCH3 is 1. The molecule has 0 aromatic carbocycles. The third-order valence-electron chi connectivity index (χ3n) is 3.73. The number of fused-ring (bicyclic) bond motifs is 1. The quantitative estimate of drug-likeness (QED) is 0.669. The molecule has 2 aliphatic carbocycles. The van der Waals surface area contributed by atoms with Gasteiger partial charge in [-0.2, -0.15) is 0 Å². The monoisotopic (exact) mass is 210 g/mol. The number of allylic oxidation sites excluding steroid dienone is 1. The van der Waals surface area contributed by atoms with Crippen molar-refractivity contribution in [3.8, 4) is 0 Å². The molecule has 2 rings (SSSR count). The number of carbonyl (C=O) groups excluding carboxylic acids is 1. The third kappa shape index (κ3) is 1.86. The van der Waals surface area contributed by atoms with Crippen molar-refractivity contribution < 1.29 is 14.3 Å². The van der Waals surface area contributed by atoms with Gasteiger partial charge < -0.3 is 9.47 Å². The lowest BCUT2D eigenvalue weighted by Crippen LogP contribution is -2.34. The van der Waals surface area contributed by atoms with Crippen LogP contribution in [0.4, 0.5) is 0 Å². The Morgan fingerprint density at radius 3 is 3.07 bits per heavy atom. The molecule has 2 aliphatic rings. The minimum Gasteiger partial charge on any atom is -0.359 e. The Bertz CT molecular complexity index is 295. The standard InChI is InChI=1S/C12H18O3/c1-12-6-5-10(13)7-9(12)3-4-11(12)15-8-14-2/h7,11H,3-6,8H2,1-2H3. The van der Waals surface area contributed by atoms with Gasteiger partial charge in [-0.15, -0.1) is 0 Å². The predicted octanol–water partition coefficient (Wildman–Crippen LogP) is 2.06. The number of hydrogen-bond donors (Lipinski definition) is 0. The molecule has 0 bridgehead atoms. The van der Waals surface area contributed by atoms with E-state index in [0.717, 1.165) is 19.3 Å². The van der Waals surface area contributed by atoms with Gasteiger partial charge in [-0.3, -0.25) is 4.79 Å². The molecule has 1 saturated carbocycles. The smallest absolute Gasteiger partial charge is 0.155 e. The molecular weight excluding hydrogens is 192 g/mol. The minimum atomic E-state index is 0.0758. The summed E-state index contributed by atoms with van der Waals surface area (Å²) < 4.78 is 10.6. The maximum atomic E-state index is 11.3. The molecule has 15 heavy (non-hydrogen) atoms. The normalized spacial score (nSPS) is 35.2. The predicted molar refractivity (Wildman–Crippen MR) is 56.4 cm³/mol. The van der Waals surface area contributed by atoms with Crippen molar-refractivity contribution in [3.05, 3.63) is 11.6 Å². The summed E-state index contributed by atoms with van der Waals surface area (Å²) in [5, 5.41) is 0. The second kappa shape index (κ2) is 4.06. The lowest BCUT2D eigenvalue weighted by molar-refractivity contribution is -0.119. The number of ether oxygens (including phenoxy) is 2. The van der Waals surface area contributed by atoms with E-state index < -0.39 is 0 Å². The van der Waals surface area contributed by atoms with E-state index in [0.29, 0.717) is 13.2 Å². The fraction of sp³-hybridized carbons (Fsp3) is 0.750. The maximum Gasteiger partial charge on any atom is 0.155 e. The zero-order valence-corrected chi connectivity index (χ0v) is 9.41. The number of carbonyl (C=O) groups is 1. The Kier molecular flexibility index (Phi) is 2.94. The first-order valence-electron chi connectivity index (χ1n) is 5.51. The van der Waals surface area contributed by atoms with Gasteiger partial charge in [0.15, 0.2) is 5.78 Å². The van der Waals surface area contributed by atoms with Crippen LogP contribution in [0.2, 0.25) is 0 Å². The third-order valence-corrected chi connectivity index (χ3v) is 3.73. The summed E-state index contributed by atoms with van der Waals surface area (Å²) in [6, 6.07) is 0. The van der Waals surface area contributed by atoms with Gasteiger partial charge in [0.05, 0.1) is 6.10 Å². The molecule has 3 heteroatoms. The van der Waals surface area contributed by atoms with Gasteiger partial charge in [0.2, 0.25) is 0 Å². The van der Waals surface area contributed by atoms with Gasteiger partial charge in [0, 0.05) is 18.9 Å². The molecule has 84 valence electrons. The summed E-state index contributed by atoms with van der Waals surface area (Å²) in [5.74, 6) is 0.273. The van der Waals surface area contributed by atoms with Crippen LogP contribution in [0.15, 0.2) is 11.6 Å². The molecule has 0 N–H and O–H groups in total. The van der Waals surface area contributed by atoms with Crippen molar-refractivity contribution in [2.75, 3.05) is 13.9 Å². The van der Waals surface area contributed by atoms with Crippen LogP contribution in [0.1, 0.15) is 32.6 Å². The van der Waals surface area contributed by atoms with Crippen molar-refractivity contribution >= 4 is 5.78 Å². The minimum absolute atomic E-state index is 0.0758. The Balaban J connectivity index is 2.12. The van der Waals surface area contributed by atoms with Crippen molar-refractivity contribution in [3.63, 3.8) is 0 Å². The van der Waals surface area contributed by atoms with E-state index in [-0.39, 0.29) is 17.3 Å². The summed E-state index contributed by atoms with van der Waals surface area (Å²) >= 11 is 0. The fourth-order valence-corrected chi connectivity index (χ4v) is 2.72. The molecule has 0 radical (unpaired) electrons. The lowest BCUT2D eigenvalue weighted by Gasteiger charge is -2.34. The van der Waals surface area contributed by atoms with Crippen LogP contribution in [-0.2, 0) is 14.3 Å². The molecular formula is C12H18O3. The Morgan fingerprint density at radius 2 is 2.33 bits per heavy atom. The van der Waals surface area contributed by atoms with Crippen LogP contribution in [0.3, 0.4) is 0 Å². The highest BCUT2D eigenvalue weighted by molar-refractivity contribution is 5.91. The molecule has 0 aliphatic heterocycles. The largest absolute Gasteiger partial charge is 0.359 e. The summed E-state index contributed by atoms with van der Waals surface area (Å²) in [7, 11) is 1.64. The average Bonchev–Trinajstić information content (AvgIpc) is 2.53. The summed E-state index contributed by atoms with van der Waals surface area (Å²) in [4.78, 5) is 11.3. The van der Waals surface area contributed by atoms with Gasteiger partial charge in [0.1, 0.15) is 6.79 Å². The molecule has 0 spiro atoms. The Morgan fingerprint density at radius 1 is 1.53 bits per heavy atom. The van der Waals surface area contributed by atoms with Crippen molar-refractivity contribution in [2.24, 2.45) is 5.41 Å².